The topological polar surface area (TPSA) is 31.5 Å². The SMILES string of the molecule is O.[CaH2].[La].[Mn].[Pr]. The fourth-order valence-electron chi connectivity index (χ4n) is 0. The zero-order valence-corrected chi connectivity index (χ0v) is 10.5. The molecule has 0 aliphatic heterocycles. The molecule has 0 spiro atoms. The molecule has 25 valence electrons. The number of rotatable bonds is 0. The molecule has 2 N–H and O–H groups in total. The molecule has 0 saturated carbocycles. The summed E-state index contributed by atoms with van der Waals surface area (Å²) in [5.41, 5.74) is 0. The maximum absolute atomic E-state index is 0. The predicted octanol–water partition coefficient (Wildman–Crippen LogP) is -1.74. The van der Waals surface area contributed by atoms with E-state index in [1.165, 1.54) is 0 Å². The van der Waals surface area contributed by atoms with E-state index >= 15 is 0 Å². The Kier molecular flexibility index (Phi) is 166. The van der Waals surface area contributed by atoms with Crippen LogP contribution in [0.4, 0.5) is 0 Å². The number of hydrogen-bond donors (Lipinski definition) is 0. The van der Waals surface area contributed by atoms with Crippen molar-refractivity contribution in [2.24, 2.45) is 0 Å². The first-order chi connectivity index (χ1) is 0. The molecule has 0 bridgehead atoms. The smallest absolute Gasteiger partial charge is 0 e. The molecule has 0 aliphatic rings. The van der Waals surface area contributed by atoms with E-state index < -0.39 is 0 Å². The Morgan fingerprint density at radius 1 is 1.00 bits per heavy atom. The third-order valence-corrected chi connectivity index (χ3v) is 0. The molecule has 1 nitrogen and oxygen atoms in total. The summed E-state index contributed by atoms with van der Waals surface area (Å²) in [6.45, 7) is 0. The van der Waals surface area contributed by atoms with Gasteiger partial charge in [0.05, 0.1) is 0 Å². The van der Waals surface area contributed by atoms with Crippen molar-refractivity contribution in [2.75, 3.05) is 0 Å². The molecular formula is H4CaLaMnOPr. The van der Waals surface area contributed by atoms with Gasteiger partial charge in [0.2, 0.25) is 0 Å². The van der Waals surface area contributed by atoms with Crippen LogP contribution in [0.1, 0.15) is 0 Å². The molecule has 0 aromatic rings. The van der Waals surface area contributed by atoms with Gasteiger partial charge < -0.3 is 5.48 Å². The van der Waals surface area contributed by atoms with E-state index in [2.05, 4.69) is 0 Å². The predicted molar refractivity (Wildman–Crippen MR) is 12.2 cm³/mol. The van der Waals surface area contributed by atoms with Gasteiger partial charge in [0.1, 0.15) is 0 Å². The Morgan fingerprint density at radius 3 is 1.00 bits per heavy atom. The monoisotopic (exact) mass is 395 g/mol. The molecule has 0 aliphatic carbocycles. The zero-order valence-electron chi connectivity index (χ0n) is 2.03. The second kappa shape index (κ2) is 23.9. The summed E-state index contributed by atoms with van der Waals surface area (Å²) in [5, 5.41) is 0. The maximum atomic E-state index is 0. The first-order valence-electron chi connectivity index (χ1n) is 0. The van der Waals surface area contributed by atoms with Gasteiger partial charge in [-0.2, -0.15) is 0 Å². The maximum Gasteiger partial charge on any atom is 0 e. The number of hydrogen-bond acceptors (Lipinski definition) is 0. The van der Waals surface area contributed by atoms with E-state index in [0.717, 1.165) is 0 Å². The zero-order chi connectivity index (χ0) is 0. The second-order valence-electron chi connectivity index (χ2n) is 0. The van der Waals surface area contributed by atoms with Gasteiger partial charge in [-0.25, -0.2) is 0 Å². The van der Waals surface area contributed by atoms with Crippen molar-refractivity contribution in [3.8, 4) is 0 Å². The van der Waals surface area contributed by atoms with E-state index in [-0.39, 0.29) is 137 Å². The van der Waals surface area contributed by atoms with Crippen molar-refractivity contribution in [3.63, 3.8) is 0 Å². The minimum Gasteiger partial charge on any atom is 0 e. The van der Waals surface area contributed by atoms with Crippen molar-refractivity contribution < 1.29 is 99.4 Å². The summed E-state index contributed by atoms with van der Waals surface area (Å²) in [6, 6.07) is 0. The van der Waals surface area contributed by atoms with Gasteiger partial charge in [-0.1, -0.05) is 0 Å². The Bertz CT molecular complexity index is 11.6. The third-order valence-electron chi connectivity index (χ3n) is 0. The summed E-state index contributed by atoms with van der Waals surface area (Å²) in [5.74, 6) is 0. The molecule has 0 unspecified atom stereocenters. The first kappa shape index (κ1) is 34.7. The minimum atomic E-state index is 0. The van der Waals surface area contributed by atoms with Crippen LogP contribution in [0.5, 0.6) is 0 Å². The average Bonchev–Trinajstić information content (AvgIpc) is 0. The molecule has 5 heavy (non-hydrogen) atoms. The summed E-state index contributed by atoms with van der Waals surface area (Å²) >= 11 is 0. The van der Waals surface area contributed by atoms with Crippen molar-refractivity contribution in [1.29, 1.82) is 0 Å². The van der Waals surface area contributed by atoms with Crippen LogP contribution < -0.4 is 0 Å². The molecular weight excluding hydrogens is 391 g/mol. The van der Waals surface area contributed by atoms with Gasteiger partial charge in [0, 0.05) is 94.0 Å². The Hall–Kier alpha value is 4.30. The molecule has 0 amide bonds. The van der Waals surface area contributed by atoms with Crippen molar-refractivity contribution >= 4 is 37.7 Å². The van der Waals surface area contributed by atoms with E-state index in [0.29, 0.717) is 0 Å². The van der Waals surface area contributed by atoms with E-state index in [1.54, 1.807) is 0 Å². The molecule has 0 fully saturated rings. The van der Waals surface area contributed by atoms with Crippen LogP contribution in [0.2, 0.25) is 0 Å². The fraction of sp³-hybridized carbons (Fsp3) is 0. The van der Waals surface area contributed by atoms with Gasteiger partial charge in [-0.3, -0.25) is 0 Å². The molecule has 5 heteroatoms. The molecule has 0 rings (SSSR count). The van der Waals surface area contributed by atoms with Crippen LogP contribution in [0, 0.1) is 76.9 Å². The summed E-state index contributed by atoms with van der Waals surface area (Å²) < 4.78 is 0. The van der Waals surface area contributed by atoms with Crippen LogP contribution >= 0.6 is 0 Å². The molecule has 0 aromatic heterocycles. The van der Waals surface area contributed by atoms with Crippen LogP contribution in [-0.2, 0) is 17.1 Å². The van der Waals surface area contributed by atoms with Crippen molar-refractivity contribution in [3.05, 3.63) is 0 Å². The van der Waals surface area contributed by atoms with Gasteiger partial charge >= 0.3 is 37.7 Å². The van der Waals surface area contributed by atoms with Crippen molar-refractivity contribution in [1.82, 2.24) is 0 Å². The van der Waals surface area contributed by atoms with Crippen LogP contribution in [0.3, 0.4) is 0 Å². The molecule has 0 atom stereocenters. The average molecular weight is 395 g/mol. The van der Waals surface area contributed by atoms with Gasteiger partial charge in [-0.15, -0.1) is 0 Å². The fourth-order valence-corrected chi connectivity index (χ4v) is 0. The summed E-state index contributed by atoms with van der Waals surface area (Å²) in [4.78, 5) is 0. The van der Waals surface area contributed by atoms with Crippen molar-refractivity contribution in [2.45, 2.75) is 0 Å². The van der Waals surface area contributed by atoms with E-state index in [4.69, 9.17) is 0 Å². The van der Waals surface area contributed by atoms with Crippen LogP contribution in [0.25, 0.3) is 0 Å². The standard InChI is InChI=1S/Ca.La.Mn.H2O.Pr.2H/h;;;1H2;;;. The second-order valence-corrected chi connectivity index (χ2v) is 0. The normalized spacial score (nSPS) is 0. The Labute approximate surface area is 133 Å². The molecule has 0 aromatic carbocycles. The molecule has 0 saturated heterocycles. The first-order valence-corrected chi connectivity index (χ1v) is 0. The van der Waals surface area contributed by atoms with Gasteiger partial charge in [0.15, 0.2) is 0 Å². The van der Waals surface area contributed by atoms with E-state index in [1.807, 2.05) is 0 Å². The van der Waals surface area contributed by atoms with E-state index in [9.17, 15) is 0 Å². The quantitative estimate of drug-likeness (QED) is 0.437. The largest absolute Gasteiger partial charge is 0 e. The minimum absolute atomic E-state index is 0. The summed E-state index contributed by atoms with van der Waals surface area (Å²) in [7, 11) is 0. The Balaban J connectivity index is 0. The van der Waals surface area contributed by atoms with Gasteiger partial charge in [0.25, 0.3) is 0 Å². The molecule has 0 heterocycles. The van der Waals surface area contributed by atoms with Gasteiger partial charge in [-0.05, 0) is 0 Å². The molecule has 3 radical (unpaired) electrons. The Morgan fingerprint density at radius 2 is 1.00 bits per heavy atom. The summed E-state index contributed by atoms with van der Waals surface area (Å²) in [6.07, 6.45) is 0. The third kappa shape index (κ3) is 17.8. The van der Waals surface area contributed by atoms with Crippen LogP contribution in [-0.4, -0.2) is 43.2 Å². The van der Waals surface area contributed by atoms with Crippen LogP contribution in [0.15, 0.2) is 0 Å².